The number of carbonyl (C=O) groups is 3. The summed E-state index contributed by atoms with van der Waals surface area (Å²) < 4.78 is 1.15. The Balaban J connectivity index is 2.18. The van der Waals surface area contributed by atoms with Gasteiger partial charge < -0.3 is 11.1 Å². The molecule has 0 unspecified atom stereocenters. The van der Waals surface area contributed by atoms with Crippen molar-refractivity contribution in [3.63, 3.8) is 0 Å². The van der Waals surface area contributed by atoms with Crippen LogP contribution in [0.4, 0.5) is 11.5 Å². The summed E-state index contributed by atoms with van der Waals surface area (Å²) in [6.07, 6.45) is 0. The highest BCUT2D eigenvalue weighted by Gasteiger charge is 2.31. The molecule has 0 atom stereocenters. The Morgan fingerprint density at radius 2 is 1.88 bits per heavy atom. The first-order chi connectivity index (χ1) is 11.3. The number of hydrogen-bond donors (Lipinski definition) is 3. The van der Waals surface area contributed by atoms with Crippen LogP contribution in [0.15, 0.2) is 29.1 Å². The van der Waals surface area contributed by atoms with Gasteiger partial charge in [-0.1, -0.05) is 0 Å². The van der Waals surface area contributed by atoms with Crippen LogP contribution in [0.25, 0.3) is 5.69 Å². The molecule has 8 heteroatoms. The predicted octanol–water partition coefficient (Wildman–Crippen LogP) is 0.570. The van der Waals surface area contributed by atoms with Crippen LogP contribution in [-0.2, 0) is 4.79 Å². The van der Waals surface area contributed by atoms with Gasteiger partial charge in [0.05, 0.1) is 16.8 Å². The van der Waals surface area contributed by atoms with Crippen molar-refractivity contribution in [2.45, 2.75) is 13.8 Å². The molecule has 1 aliphatic heterocycles. The molecule has 1 aromatic carbocycles. The Kier molecular flexibility index (Phi) is 3.44. The molecule has 3 amide bonds. The molecule has 0 saturated carbocycles. The first kappa shape index (κ1) is 15.5. The van der Waals surface area contributed by atoms with E-state index >= 15 is 0 Å². The molecule has 0 bridgehead atoms. The van der Waals surface area contributed by atoms with Gasteiger partial charge in [0.1, 0.15) is 5.82 Å². The van der Waals surface area contributed by atoms with Crippen LogP contribution in [0.2, 0.25) is 0 Å². The van der Waals surface area contributed by atoms with Crippen LogP contribution in [0.3, 0.4) is 0 Å². The second-order valence-corrected chi connectivity index (χ2v) is 5.46. The molecule has 4 N–H and O–H groups in total. The summed E-state index contributed by atoms with van der Waals surface area (Å²) in [4.78, 5) is 47.0. The second-order valence-electron chi connectivity index (χ2n) is 5.46. The molecule has 0 fully saturated rings. The average molecular weight is 326 g/mol. The van der Waals surface area contributed by atoms with Crippen LogP contribution >= 0.6 is 0 Å². The molecule has 2 heterocycles. The Hall–Kier alpha value is -3.42. The Morgan fingerprint density at radius 3 is 2.50 bits per heavy atom. The average Bonchev–Trinajstić information content (AvgIpc) is 2.76. The number of hydrogen-bond acceptors (Lipinski definition) is 5. The van der Waals surface area contributed by atoms with Crippen molar-refractivity contribution in [2.75, 3.05) is 11.1 Å². The van der Waals surface area contributed by atoms with Crippen LogP contribution in [-0.4, -0.2) is 22.3 Å². The summed E-state index contributed by atoms with van der Waals surface area (Å²) in [5, 5.41) is 4.78. The molecule has 0 radical (unpaired) electrons. The van der Waals surface area contributed by atoms with Gasteiger partial charge in [0.2, 0.25) is 5.91 Å². The van der Waals surface area contributed by atoms with E-state index in [2.05, 4.69) is 10.6 Å². The van der Waals surface area contributed by atoms with E-state index in [0.29, 0.717) is 11.4 Å². The minimum Gasteiger partial charge on any atom is -0.384 e. The third-order valence-corrected chi connectivity index (χ3v) is 3.73. The summed E-state index contributed by atoms with van der Waals surface area (Å²) in [5.74, 6) is -1.58. The number of nitrogens with two attached hydrogens (primary N) is 1. The van der Waals surface area contributed by atoms with E-state index in [1.165, 1.54) is 6.92 Å². The zero-order valence-electron chi connectivity index (χ0n) is 13.0. The lowest BCUT2D eigenvalue weighted by Gasteiger charge is -2.14. The molecule has 0 aliphatic carbocycles. The number of amides is 3. The quantitative estimate of drug-likeness (QED) is 0.696. The third kappa shape index (κ3) is 2.34. The highest BCUT2D eigenvalue weighted by molar-refractivity contribution is 6.23. The molecule has 3 rings (SSSR count). The van der Waals surface area contributed by atoms with Gasteiger partial charge in [-0.2, -0.15) is 0 Å². The van der Waals surface area contributed by atoms with E-state index in [9.17, 15) is 19.2 Å². The number of fused-ring (bicyclic) bond motifs is 1. The van der Waals surface area contributed by atoms with Gasteiger partial charge in [0.25, 0.3) is 17.4 Å². The van der Waals surface area contributed by atoms with Crippen LogP contribution < -0.4 is 21.9 Å². The van der Waals surface area contributed by atoms with Crippen molar-refractivity contribution in [3.05, 3.63) is 51.3 Å². The largest absolute Gasteiger partial charge is 0.384 e. The van der Waals surface area contributed by atoms with E-state index in [-0.39, 0.29) is 22.9 Å². The normalized spacial score (nSPS) is 12.8. The number of aryl methyl sites for hydroxylation is 1. The van der Waals surface area contributed by atoms with Crippen molar-refractivity contribution < 1.29 is 14.4 Å². The maximum Gasteiger partial charge on any atom is 0.262 e. The molecule has 1 aliphatic rings. The van der Waals surface area contributed by atoms with Gasteiger partial charge in [-0.25, -0.2) is 0 Å². The summed E-state index contributed by atoms with van der Waals surface area (Å²) in [6.45, 7) is 3.16. The molecule has 24 heavy (non-hydrogen) atoms. The maximum atomic E-state index is 12.3. The van der Waals surface area contributed by atoms with Crippen LogP contribution in [0.5, 0.6) is 0 Å². The minimum absolute atomic E-state index is 0.0109. The maximum absolute atomic E-state index is 12.3. The van der Waals surface area contributed by atoms with E-state index < -0.39 is 17.4 Å². The topological polar surface area (TPSA) is 123 Å². The molecule has 8 nitrogen and oxygen atoms in total. The first-order valence-corrected chi connectivity index (χ1v) is 7.09. The van der Waals surface area contributed by atoms with E-state index in [0.717, 1.165) is 16.2 Å². The summed E-state index contributed by atoms with van der Waals surface area (Å²) >= 11 is 0. The number of rotatable bonds is 2. The lowest BCUT2D eigenvalue weighted by Crippen LogP contribution is -2.24. The number of pyridine rings is 1. The van der Waals surface area contributed by atoms with E-state index in [1.54, 1.807) is 25.1 Å². The van der Waals surface area contributed by atoms with Gasteiger partial charge in [-0.3, -0.25) is 29.1 Å². The van der Waals surface area contributed by atoms with Crippen molar-refractivity contribution in [1.29, 1.82) is 0 Å². The monoisotopic (exact) mass is 326 g/mol. The molecule has 122 valence electrons. The zero-order valence-corrected chi connectivity index (χ0v) is 13.0. The van der Waals surface area contributed by atoms with E-state index in [4.69, 9.17) is 5.73 Å². The highest BCUT2D eigenvalue weighted by atomic mass is 16.2. The Bertz CT molecular complexity index is 975. The molecule has 2 aromatic rings. The van der Waals surface area contributed by atoms with Crippen molar-refractivity contribution in [3.8, 4) is 5.69 Å². The fraction of sp³-hybridized carbons (Fsp3) is 0.125. The summed E-state index contributed by atoms with van der Waals surface area (Å²) in [6, 6.07) is 5.97. The minimum atomic E-state index is -0.636. The smallest absolute Gasteiger partial charge is 0.262 e. The number of aromatic nitrogens is 1. The number of imide groups is 1. The molecular formula is C16H14N4O4. The number of nitrogens with zero attached hydrogens (tertiary/aromatic N) is 1. The molecular weight excluding hydrogens is 312 g/mol. The van der Waals surface area contributed by atoms with Crippen molar-refractivity contribution in [1.82, 2.24) is 9.88 Å². The first-order valence-electron chi connectivity index (χ1n) is 7.09. The number of benzene rings is 1. The Labute approximate surface area is 136 Å². The molecule has 0 saturated heterocycles. The lowest BCUT2D eigenvalue weighted by atomic mass is 10.1. The standard InChI is InChI=1S/C16H14N4O4/c1-7-5-9(3-4-11(7)18-8(2)21)20-12(22)6-10-13(14(20)17)16(24)19-15(10)23/h3-6H,17H2,1-2H3,(H,18,21)(H,19,23,24). The van der Waals surface area contributed by atoms with Crippen molar-refractivity contribution in [2.24, 2.45) is 0 Å². The zero-order chi connectivity index (χ0) is 17.6. The van der Waals surface area contributed by atoms with Gasteiger partial charge >= 0.3 is 0 Å². The highest BCUT2D eigenvalue weighted by Crippen LogP contribution is 2.25. The van der Waals surface area contributed by atoms with Gasteiger partial charge in [-0.15, -0.1) is 0 Å². The van der Waals surface area contributed by atoms with Crippen molar-refractivity contribution >= 4 is 29.2 Å². The number of anilines is 2. The second kappa shape index (κ2) is 5.34. The van der Waals surface area contributed by atoms with Crippen LogP contribution in [0.1, 0.15) is 33.2 Å². The fourth-order valence-electron chi connectivity index (χ4n) is 2.66. The van der Waals surface area contributed by atoms with Gasteiger partial charge in [0.15, 0.2) is 0 Å². The predicted molar refractivity (Wildman–Crippen MR) is 87.3 cm³/mol. The number of nitrogen functional groups attached to an aromatic ring is 1. The van der Waals surface area contributed by atoms with Crippen LogP contribution in [0, 0.1) is 6.92 Å². The van der Waals surface area contributed by atoms with Gasteiger partial charge in [0, 0.05) is 18.7 Å². The summed E-state index contributed by atoms with van der Waals surface area (Å²) in [7, 11) is 0. The van der Waals surface area contributed by atoms with E-state index in [1.807, 2.05) is 0 Å². The molecule has 1 aromatic heterocycles. The lowest BCUT2D eigenvalue weighted by molar-refractivity contribution is -0.114. The fourth-order valence-corrected chi connectivity index (χ4v) is 2.66. The van der Waals surface area contributed by atoms with Gasteiger partial charge in [-0.05, 0) is 30.7 Å². The summed E-state index contributed by atoms with van der Waals surface area (Å²) in [5.41, 5.74) is 7.16. The number of nitrogens with one attached hydrogen (secondary N) is 2. The Morgan fingerprint density at radius 1 is 1.17 bits per heavy atom. The molecule has 0 spiro atoms. The SMILES string of the molecule is CC(=O)Nc1ccc(-n2c(N)c3c(cc2=O)C(=O)NC3=O)cc1C. The third-order valence-electron chi connectivity index (χ3n) is 3.73. The number of carbonyl (C=O) groups excluding carboxylic acids is 3.